The number of rotatable bonds is 7. The van der Waals surface area contributed by atoms with Crippen molar-refractivity contribution in [2.24, 2.45) is 5.41 Å². The SMILES string of the molecule is CC(C)(C)CCS(=O)(=O)N(Cc1ccccc1)Cc1ccccc1. The molecule has 0 bridgehead atoms. The van der Waals surface area contributed by atoms with Crippen molar-refractivity contribution in [3.63, 3.8) is 0 Å². The van der Waals surface area contributed by atoms with E-state index in [0.29, 0.717) is 19.5 Å². The maximum atomic E-state index is 12.9. The molecule has 0 unspecified atom stereocenters. The molecule has 0 aliphatic heterocycles. The molecule has 0 radical (unpaired) electrons. The molecule has 4 heteroatoms. The van der Waals surface area contributed by atoms with Crippen LogP contribution in [0.5, 0.6) is 0 Å². The Balaban J connectivity index is 2.21. The van der Waals surface area contributed by atoms with Crippen LogP contribution in [0.1, 0.15) is 38.3 Å². The molecule has 24 heavy (non-hydrogen) atoms. The second-order valence-electron chi connectivity index (χ2n) is 7.37. The maximum Gasteiger partial charge on any atom is 0.214 e. The van der Waals surface area contributed by atoms with E-state index >= 15 is 0 Å². The van der Waals surface area contributed by atoms with Gasteiger partial charge in [0.1, 0.15) is 0 Å². The predicted octanol–water partition coefficient (Wildman–Crippen LogP) is 4.45. The number of hydrogen-bond donors (Lipinski definition) is 0. The van der Waals surface area contributed by atoms with Gasteiger partial charge in [0.05, 0.1) is 5.75 Å². The Morgan fingerprint density at radius 1 is 0.792 bits per heavy atom. The summed E-state index contributed by atoms with van der Waals surface area (Å²) in [5.41, 5.74) is 2.01. The highest BCUT2D eigenvalue weighted by atomic mass is 32.2. The van der Waals surface area contributed by atoms with Gasteiger partial charge >= 0.3 is 0 Å². The highest BCUT2D eigenvalue weighted by Crippen LogP contribution is 2.22. The van der Waals surface area contributed by atoms with Gasteiger partial charge in [-0.3, -0.25) is 0 Å². The third kappa shape index (κ3) is 6.10. The fraction of sp³-hybridized carbons (Fsp3) is 0.400. The van der Waals surface area contributed by atoms with Crippen LogP contribution >= 0.6 is 0 Å². The number of sulfonamides is 1. The smallest absolute Gasteiger partial charge is 0.212 e. The largest absolute Gasteiger partial charge is 0.214 e. The monoisotopic (exact) mass is 345 g/mol. The quantitative estimate of drug-likeness (QED) is 0.743. The summed E-state index contributed by atoms with van der Waals surface area (Å²) in [6.45, 7) is 7.02. The van der Waals surface area contributed by atoms with E-state index in [0.717, 1.165) is 11.1 Å². The van der Waals surface area contributed by atoms with Crippen molar-refractivity contribution < 1.29 is 8.42 Å². The van der Waals surface area contributed by atoms with Crippen molar-refractivity contribution in [1.29, 1.82) is 0 Å². The fourth-order valence-corrected chi connectivity index (χ4v) is 4.21. The molecule has 0 amide bonds. The van der Waals surface area contributed by atoms with Crippen LogP contribution in [-0.2, 0) is 23.1 Å². The van der Waals surface area contributed by atoms with Gasteiger partial charge in [-0.25, -0.2) is 8.42 Å². The summed E-state index contributed by atoms with van der Waals surface area (Å²) >= 11 is 0. The summed E-state index contributed by atoms with van der Waals surface area (Å²) < 4.78 is 27.4. The van der Waals surface area contributed by atoms with Crippen LogP contribution in [0, 0.1) is 5.41 Å². The Labute approximate surface area is 146 Å². The number of benzene rings is 2. The van der Waals surface area contributed by atoms with E-state index in [9.17, 15) is 8.42 Å². The van der Waals surface area contributed by atoms with E-state index in [1.165, 1.54) is 0 Å². The molecule has 0 saturated carbocycles. The van der Waals surface area contributed by atoms with Crippen molar-refractivity contribution in [3.05, 3.63) is 71.8 Å². The molecular weight excluding hydrogens is 318 g/mol. The van der Waals surface area contributed by atoms with E-state index in [1.54, 1.807) is 4.31 Å². The molecule has 0 atom stereocenters. The van der Waals surface area contributed by atoms with Gasteiger partial charge in [-0.05, 0) is 23.0 Å². The minimum Gasteiger partial charge on any atom is -0.212 e. The molecule has 130 valence electrons. The molecule has 0 saturated heterocycles. The molecule has 0 aliphatic rings. The summed E-state index contributed by atoms with van der Waals surface area (Å²) in [7, 11) is -3.32. The molecule has 2 aromatic carbocycles. The van der Waals surface area contributed by atoms with E-state index in [2.05, 4.69) is 20.8 Å². The molecule has 0 fully saturated rings. The van der Waals surface area contributed by atoms with Gasteiger partial charge in [0.15, 0.2) is 0 Å². The van der Waals surface area contributed by atoms with Crippen LogP contribution in [-0.4, -0.2) is 18.5 Å². The van der Waals surface area contributed by atoms with Gasteiger partial charge < -0.3 is 0 Å². The third-order valence-electron chi connectivity index (χ3n) is 3.91. The van der Waals surface area contributed by atoms with Crippen molar-refractivity contribution in [1.82, 2.24) is 4.31 Å². The summed E-state index contributed by atoms with van der Waals surface area (Å²) in [5, 5.41) is 0. The predicted molar refractivity (Wildman–Crippen MR) is 100.0 cm³/mol. The van der Waals surface area contributed by atoms with E-state index in [4.69, 9.17) is 0 Å². The van der Waals surface area contributed by atoms with Gasteiger partial charge in [-0.1, -0.05) is 81.4 Å². The first-order chi connectivity index (χ1) is 11.3. The average Bonchev–Trinajstić information content (AvgIpc) is 2.54. The second-order valence-corrected chi connectivity index (χ2v) is 9.45. The van der Waals surface area contributed by atoms with E-state index in [1.807, 2.05) is 60.7 Å². The molecule has 0 spiro atoms. The zero-order chi connectivity index (χ0) is 17.6. The Morgan fingerprint density at radius 2 is 1.21 bits per heavy atom. The second kappa shape index (κ2) is 7.95. The van der Waals surface area contributed by atoms with Crippen molar-refractivity contribution >= 4 is 10.0 Å². The molecule has 2 aromatic rings. The van der Waals surface area contributed by atoms with Gasteiger partial charge in [0.25, 0.3) is 0 Å². The molecule has 0 N–H and O–H groups in total. The summed E-state index contributed by atoms with van der Waals surface area (Å²) in [5.74, 6) is 0.177. The molecule has 0 aromatic heterocycles. The first kappa shape index (κ1) is 18.7. The van der Waals surface area contributed by atoms with Crippen LogP contribution in [0.2, 0.25) is 0 Å². The summed E-state index contributed by atoms with van der Waals surface area (Å²) in [6.07, 6.45) is 0.648. The Bertz CT molecular complexity index is 678. The zero-order valence-corrected chi connectivity index (χ0v) is 15.6. The van der Waals surface area contributed by atoms with Crippen LogP contribution in [0.25, 0.3) is 0 Å². The molecule has 0 aliphatic carbocycles. The molecular formula is C20H27NO2S. The lowest BCUT2D eigenvalue weighted by Crippen LogP contribution is -2.33. The lowest BCUT2D eigenvalue weighted by molar-refractivity contribution is 0.372. The third-order valence-corrected chi connectivity index (χ3v) is 5.67. The summed E-state index contributed by atoms with van der Waals surface area (Å²) in [4.78, 5) is 0. The van der Waals surface area contributed by atoms with Crippen LogP contribution in [0.3, 0.4) is 0 Å². The molecule has 2 rings (SSSR count). The van der Waals surface area contributed by atoms with Gasteiger partial charge in [-0.15, -0.1) is 0 Å². The zero-order valence-electron chi connectivity index (χ0n) is 14.8. The van der Waals surface area contributed by atoms with Crippen LogP contribution in [0.15, 0.2) is 60.7 Å². The van der Waals surface area contributed by atoms with Crippen molar-refractivity contribution in [2.45, 2.75) is 40.3 Å². The Kier molecular flexibility index (Phi) is 6.19. The minimum atomic E-state index is -3.32. The van der Waals surface area contributed by atoms with Crippen LogP contribution in [0.4, 0.5) is 0 Å². The van der Waals surface area contributed by atoms with Gasteiger partial charge in [0.2, 0.25) is 10.0 Å². The topological polar surface area (TPSA) is 37.4 Å². The average molecular weight is 346 g/mol. The van der Waals surface area contributed by atoms with Gasteiger partial charge in [-0.2, -0.15) is 4.31 Å². The summed E-state index contributed by atoms with van der Waals surface area (Å²) in [6, 6.07) is 19.5. The number of hydrogen-bond acceptors (Lipinski definition) is 2. The van der Waals surface area contributed by atoms with Crippen molar-refractivity contribution in [2.75, 3.05) is 5.75 Å². The Hall–Kier alpha value is -1.65. The standard InChI is InChI=1S/C20H27NO2S/c1-20(2,3)14-15-24(22,23)21(16-18-10-6-4-7-11-18)17-19-12-8-5-9-13-19/h4-13H,14-17H2,1-3H3. The molecule has 3 nitrogen and oxygen atoms in total. The van der Waals surface area contributed by atoms with Gasteiger partial charge in [0, 0.05) is 13.1 Å². The first-order valence-electron chi connectivity index (χ1n) is 8.32. The number of nitrogens with zero attached hydrogens (tertiary/aromatic N) is 1. The lowest BCUT2D eigenvalue weighted by atomic mass is 9.94. The lowest BCUT2D eigenvalue weighted by Gasteiger charge is -2.25. The normalized spacial score (nSPS) is 12.5. The molecule has 0 heterocycles. The van der Waals surface area contributed by atoms with E-state index in [-0.39, 0.29) is 11.2 Å². The fourth-order valence-electron chi connectivity index (χ4n) is 2.39. The van der Waals surface area contributed by atoms with E-state index < -0.39 is 10.0 Å². The van der Waals surface area contributed by atoms with Crippen molar-refractivity contribution in [3.8, 4) is 0 Å². The minimum absolute atomic E-state index is 0.00175. The highest BCUT2D eigenvalue weighted by molar-refractivity contribution is 7.89. The maximum absolute atomic E-state index is 12.9. The first-order valence-corrected chi connectivity index (χ1v) is 9.93. The Morgan fingerprint density at radius 3 is 1.58 bits per heavy atom. The highest BCUT2D eigenvalue weighted by Gasteiger charge is 2.25. The van der Waals surface area contributed by atoms with Crippen LogP contribution < -0.4 is 0 Å².